The van der Waals surface area contributed by atoms with E-state index in [2.05, 4.69) is 20.3 Å². The number of methoxy groups -OCH3 is 1. The number of aromatic nitrogens is 4. The number of rotatable bonds is 5. The van der Waals surface area contributed by atoms with E-state index < -0.39 is 5.97 Å². The van der Waals surface area contributed by atoms with Gasteiger partial charge in [0.2, 0.25) is 11.7 Å². The summed E-state index contributed by atoms with van der Waals surface area (Å²) in [6, 6.07) is 8.26. The second kappa shape index (κ2) is 7.68. The van der Waals surface area contributed by atoms with Gasteiger partial charge in [-0.05, 0) is 35.7 Å². The van der Waals surface area contributed by atoms with Crippen molar-refractivity contribution >= 4 is 56.7 Å². The zero-order chi connectivity index (χ0) is 20.5. The van der Waals surface area contributed by atoms with Crippen molar-refractivity contribution in [3.8, 4) is 0 Å². The van der Waals surface area contributed by atoms with Gasteiger partial charge in [-0.2, -0.15) is 0 Å². The van der Waals surface area contributed by atoms with E-state index in [-0.39, 0.29) is 17.2 Å². The quantitative estimate of drug-likeness (QED) is 0.383. The van der Waals surface area contributed by atoms with E-state index in [4.69, 9.17) is 0 Å². The number of aryl methyl sites for hydroxylation is 1. The molecular formula is C18H15N5O4S2. The number of hydrogen-bond donors (Lipinski definition) is 1. The molecule has 0 unspecified atom stereocenters. The molecular weight excluding hydrogens is 414 g/mol. The summed E-state index contributed by atoms with van der Waals surface area (Å²) in [5.41, 5.74) is 1.57. The molecule has 0 bridgehead atoms. The molecule has 0 atom stereocenters. The first-order valence-corrected chi connectivity index (χ1v) is 10.3. The van der Waals surface area contributed by atoms with E-state index in [9.17, 15) is 14.4 Å². The number of anilines is 1. The third-order valence-corrected chi connectivity index (χ3v) is 6.04. The van der Waals surface area contributed by atoms with Gasteiger partial charge in [-0.3, -0.25) is 18.6 Å². The van der Waals surface area contributed by atoms with Gasteiger partial charge < -0.3 is 10.1 Å². The Balaban J connectivity index is 1.51. The number of carbonyl (C=O) groups excluding carboxylic acids is 2. The molecule has 0 radical (unpaired) electrons. The number of amides is 1. The van der Waals surface area contributed by atoms with Crippen LogP contribution in [0, 0.1) is 0 Å². The zero-order valence-corrected chi connectivity index (χ0v) is 17.0. The van der Waals surface area contributed by atoms with Crippen LogP contribution in [0.4, 0.5) is 5.69 Å². The monoisotopic (exact) mass is 429 g/mol. The number of nitrogens with one attached hydrogen (secondary N) is 1. The van der Waals surface area contributed by atoms with Gasteiger partial charge in [0.15, 0.2) is 5.16 Å². The van der Waals surface area contributed by atoms with Crippen molar-refractivity contribution in [2.75, 3.05) is 18.2 Å². The van der Waals surface area contributed by atoms with Gasteiger partial charge in [0.1, 0.15) is 4.70 Å². The normalized spacial score (nSPS) is 11.1. The second-order valence-corrected chi connectivity index (χ2v) is 7.88. The Morgan fingerprint density at radius 3 is 2.69 bits per heavy atom. The maximum Gasteiger partial charge on any atom is 0.337 e. The summed E-state index contributed by atoms with van der Waals surface area (Å²) in [5, 5.41) is 13.4. The molecule has 3 heterocycles. The summed E-state index contributed by atoms with van der Waals surface area (Å²) in [4.78, 5) is 36.1. The van der Waals surface area contributed by atoms with Crippen LogP contribution in [0.1, 0.15) is 10.4 Å². The number of thioether (sulfide) groups is 1. The number of hydrogen-bond acceptors (Lipinski definition) is 8. The highest BCUT2D eigenvalue weighted by molar-refractivity contribution is 7.99. The van der Waals surface area contributed by atoms with Gasteiger partial charge in [0.05, 0.1) is 23.9 Å². The van der Waals surface area contributed by atoms with E-state index in [0.717, 1.165) is 5.52 Å². The second-order valence-electron chi connectivity index (χ2n) is 6.02. The number of carbonyl (C=O) groups is 2. The molecule has 0 saturated carbocycles. The first-order valence-electron chi connectivity index (χ1n) is 8.42. The summed E-state index contributed by atoms with van der Waals surface area (Å²) in [6.45, 7) is 0. The first kappa shape index (κ1) is 19.2. The predicted molar refractivity (Wildman–Crippen MR) is 111 cm³/mol. The van der Waals surface area contributed by atoms with E-state index in [1.807, 2.05) is 11.4 Å². The maximum absolute atomic E-state index is 12.4. The third-order valence-electron chi connectivity index (χ3n) is 4.22. The van der Waals surface area contributed by atoms with Crippen LogP contribution in [0.15, 0.2) is 45.7 Å². The van der Waals surface area contributed by atoms with Gasteiger partial charge in [-0.25, -0.2) is 4.79 Å². The zero-order valence-electron chi connectivity index (χ0n) is 15.4. The molecule has 0 spiro atoms. The van der Waals surface area contributed by atoms with Crippen LogP contribution in [-0.2, 0) is 16.6 Å². The van der Waals surface area contributed by atoms with Crippen LogP contribution in [0.2, 0.25) is 0 Å². The molecule has 0 saturated heterocycles. The van der Waals surface area contributed by atoms with Crippen molar-refractivity contribution in [3.63, 3.8) is 0 Å². The summed E-state index contributed by atoms with van der Waals surface area (Å²) in [6.07, 6.45) is 0. The lowest BCUT2D eigenvalue weighted by molar-refractivity contribution is -0.113. The highest BCUT2D eigenvalue weighted by Crippen LogP contribution is 2.24. The van der Waals surface area contributed by atoms with E-state index in [0.29, 0.717) is 26.9 Å². The van der Waals surface area contributed by atoms with Crippen molar-refractivity contribution < 1.29 is 14.3 Å². The van der Waals surface area contributed by atoms with Crippen molar-refractivity contribution in [2.24, 2.45) is 7.05 Å². The van der Waals surface area contributed by atoms with Crippen LogP contribution in [0.3, 0.4) is 0 Å². The topological polar surface area (TPSA) is 108 Å². The lowest BCUT2D eigenvalue weighted by Gasteiger charge is -2.06. The minimum absolute atomic E-state index is 0.105. The molecule has 9 nitrogen and oxygen atoms in total. The third kappa shape index (κ3) is 3.49. The number of thiophene rings is 1. The highest BCUT2D eigenvalue weighted by Gasteiger charge is 2.17. The van der Waals surface area contributed by atoms with Crippen molar-refractivity contribution in [3.05, 3.63) is 51.6 Å². The molecule has 4 rings (SSSR count). The molecule has 0 aliphatic heterocycles. The van der Waals surface area contributed by atoms with Gasteiger partial charge in [0.25, 0.3) is 5.56 Å². The lowest BCUT2D eigenvalue weighted by atomic mass is 10.2. The minimum Gasteiger partial charge on any atom is -0.465 e. The molecule has 29 heavy (non-hydrogen) atoms. The number of nitrogens with zero attached hydrogens (tertiary/aromatic N) is 4. The summed E-state index contributed by atoms with van der Waals surface area (Å²) in [5.74, 6) is -0.147. The lowest BCUT2D eigenvalue weighted by Crippen LogP contribution is -2.19. The molecule has 1 N–H and O–H groups in total. The smallest absolute Gasteiger partial charge is 0.337 e. The molecule has 0 aliphatic carbocycles. The summed E-state index contributed by atoms with van der Waals surface area (Å²) >= 11 is 2.58. The maximum atomic E-state index is 12.4. The van der Waals surface area contributed by atoms with E-state index in [1.165, 1.54) is 34.8 Å². The van der Waals surface area contributed by atoms with Gasteiger partial charge in [-0.1, -0.05) is 11.8 Å². The van der Waals surface area contributed by atoms with Gasteiger partial charge >= 0.3 is 5.97 Å². The average molecular weight is 429 g/mol. The SMILES string of the molecule is COC(=O)c1ccc(NC(=O)CSc2nnc3n(C)c(=O)c4sccc4n23)cc1. The van der Waals surface area contributed by atoms with Crippen molar-refractivity contribution in [1.29, 1.82) is 0 Å². The predicted octanol–water partition coefficient (Wildman–Crippen LogP) is 2.16. The van der Waals surface area contributed by atoms with Crippen LogP contribution < -0.4 is 10.9 Å². The first-order chi connectivity index (χ1) is 14.0. The molecule has 1 amide bonds. The number of fused-ring (bicyclic) bond motifs is 3. The Morgan fingerprint density at radius 1 is 1.21 bits per heavy atom. The van der Waals surface area contributed by atoms with Gasteiger partial charge in [0, 0.05) is 12.7 Å². The Kier molecular flexibility index (Phi) is 5.07. The van der Waals surface area contributed by atoms with Gasteiger partial charge in [-0.15, -0.1) is 21.5 Å². The van der Waals surface area contributed by atoms with Crippen LogP contribution >= 0.6 is 23.1 Å². The standard InChI is InChI=1S/C18H15N5O4S2/c1-22-15(25)14-12(7-8-28-14)23-17(22)20-21-18(23)29-9-13(24)19-11-5-3-10(4-6-11)16(26)27-2/h3-8H,9H2,1-2H3,(H,19,24). The number of benzene rings is 1. The summed E-state index contributed by atoms with van der Waals surface area (Å²) < 4.78 is 8.47. The molecule has 3 aromatic heterocycles. The molecule has 148 valence electrons. The van der Waals surface area contributed by atoms with Crippen molar-refractivity contribution in [2.45, 2.75) is 5.16 Å². The van der Waals surface area contributed by atoms with Crippen molar-refractivity contribution in [1.82, 2.24) is 19.2 Å². The number of esters is 1. The Hall–Kier alpha value is -3.18. The Bertz CT molecular complexity index is 1290. The highest BCUT2D eigenvalue weighted by atomic mass is 32.2. The van der Waals surface area contributed by atoms with E-state index in [1.54, 1.807) is 35.7 Å². The average Bonchev–Trinajstić information content (AvgIpc) is 3.37. The molecule has 11 heteroatoms. The van der Waals surface area contributed by atoms with Crippen LogP contribution in [0.5, 0.6) is 0 Å². The largest absolute Gasteiger partial charge is 0.465 e. The van der Waals surface area contributed by atoms with E-state index >= 15 is 0 Å². The fourth-order valence-corrected chi connectivity index (χ4v) is 4.39. The fraction of sp³-hybridized carbons (Fsp3) is 0.167. The summed E-state index contributed by atoms with van der Waals surface area (Å²) in [7, 11) is 2.95. The number of ether oxygens (including phenoxy) is 1. The molecule has 0 aliphatic rings. The Labute approximate surface area is 172 Å². The molecule has 4 aromatic rings. The van der Waals surface area contributed by atoms with Crippen LogP contribution in [0.25, 0.3) is 16.0 Å². The Morgan fingerprint density at radius 2 is 1.97 bits per heavy atom. The minimum atomic E-state index is -0.439. The molecule has 0 fully saturated rings. The fourth-order valence-electron chi connectivity index (χ4n) is 2.80. The van der Waals surface area contributed by atoms with Crippen LogP contribution in [-0.4, -0.2) is 43.9 Å². The molecule has 1 aromatic carbocycles.